The third kappa shape index (κ3) is 8.91. The molecule has 3 aromatic rings. The summed E-state index contributed by atoms with van der Waals surface area (Å²) >= 11 is 7.61. The smallest absolute Gasteiger partial charge is 0.269 e. The largest absolute Gasteiger partial charge is 0.354 e. The summed E-state index contributed by atoms with van der Waals surface area (Å²) in [6, 6.07) is 22.5. The highest BCUT2D eigenvalue weighted by atomic mass is 35.5. The van der Waals surface area contributed by atoms with E-state index < -0.39 is 11.0 Å². The minimum absolute atomic E-state index is 0.0272. The molecule has 0 radical (unpaired) electrons. The van der Waals surface area contributed by atoms with Crippen LogP contribution in [0.2, 0.25) is 5.02 Å². The number of halogens is 1. The fourth-order valence-electron chi connectivity index (χ4n) is 3.80. The molecule has 0 saturated carbocycles. The number of nitrogens with one attached hydrogen (secondary N) is 1. The molecule has 37 heavy (non-hydrogen) atoms. The number of carbonyl (C=O) groups is 2. The van der Waals surface area contributed by atoms with Crippen LogP contribution in [0.15, 0.2) is 78.9 Å². The molecule has 0 fully saturated rings. The summed E-state index contributed by atoms with van der Waals surface area (Å²) in [6.45, 7) is 2.75. The van der Waals surface area contributed by atoms with Gasteiger partial charge in [0.05, 0.1) is 10.7 Å². The van der Waals surface area contributed by atoms with Crippen molar-refractivity contribution in [2.45, 2.75) is 38.1 Å². The van der Waals surface area contributed by atoms with E-state index in [0.29, 0.717) is 23.7 Å². The van der Waals surface area contributed by atoms with Crippen molar-refractivity contribution in [2.75, 3.05) is 12.3 Å². The lowest BCUT2D eigenvalue weighted by Crippen LogP contribution is -2.51. The second-order valence-electron chi connectivity index (χ2n) is 8.56. The second kappa shape index (κ2) is 14.4. The highest BCUT2D eigenvalue weighted by Crippen LogP contribution is 2.21. The van der Waals surface area contributed by atoms with Gasteiger partial charge in [0, 0.05) is 42.4 Å². The first-order valence-electron chi connectivity index (χ1n) is 12.0. The van der Waals surface area contributed by atoms with Crippen molar-refractivity contribution in [3.63, 3.8) is 0 Å². The van der Waals surface area contributed by atoms with Gasteiger partial charge in [-0.25, -0.2) is 0 Å². The number of hydrogen-bond acceptors (Lipinski definition) is 5. The van der Waals surface area contributed by atoms with Gasteiger partial charge in [-0.3, -0.25) is 19.7 Å². The van der Waals surface area contributed by atoms with Crippen LogP contribution >= 0.6 is 23.4 Å². The average Bonchev–Trinajstić information content (AvgIpc) is 2.90. The third-order valence-corrected chi connectivity index (χ3v) is 6.93. The summed E-state index contributed by atoms with van der Waals surface area (Å²) in [7, 11) is 0. The summed E-state index contributed by atoms with van der Waals surface area (Å²) in [6.07, 6.45) is 1.17. The quantitative estimate of drug-likeness (QED) is 0.224. The van der Waals surface area contributed by atoms with Crippen LogP contribution in [0.1, 0.15) is 30.0 Å². The highest BCUT2D eigenvalue weighted by Gasteiger charge is 2.30. The van der Waals surface area contributed by atoms with Gasteiger partial charge in [-0.2, -0.15) is 0 Å². The second-order valence-corrected chi connectivity index (χ2v) is 9.99. The number of non-ortho nitro benzene ring substituents is 1. The molecule has 0 aromatic heterocycles. The number of nitro benzene ring substituents is 1. The van der Waals surface area contributed by atoms with Crippen LogP contribution in [-0.2, 0) is 28.3 Å². The molecular weight excluding hydrogens is 510 g/mol. The van der Waals surface area contributed by atoms with Crippen molar-refractivity contribution in [3.05, 3.63) is 111 Å². The lowest BCUT2D eigenvalue weighted by molar-refractivity contribution is -0.384. The van der Waals surface area contributed by atoms with Crippen LogP contribution in [0.4, 0.5) is 5.69 Å². The van der Waals surface area contributed by atoms with Gasteiger partial charge in [-0.1, -0.05) is 73.1 Å². The Hall–Kier alpha value is -3.36. The standard InChI is InChI=1S/C28H30ClN3O4S/c1-2-15-30-28(34)26(17-21-7-4-3-5-8-21)31(18-23-9-6-10-24(29)16-23)27(33)20-37-19-22-11-13-25(14-12-22)32(35)36/h3-14,16,26H,2,15,17-20H2,1H3,(H,30,34)/t26-/m1/s1. The molecule has 3 rings (SSSR count). The summed E-state index contributed by atoms with van der Waals surface area (Å²) in [5, 5.41) is 14.4. The highest BCUT2D eigenvalue weighted by molar-refractivity contribution is 7.99. The van der Waals surface area contributed by atoms with Gasteiger partial charge in [-0.15, -0.1) is 11.8 Å². The number of benzene rings is 3. The molecule has 0 saturated heterocycles. The van der Waals surface area contributed by atoms with Crippen LogP contribution in [-0.4, -0.2) is 40.0 Å². The van der Waals surface area contributed by atoms with E-state index in [1.54, 1.807) is 29.2 Å². The van der Waals surface area contributed by atoms with Crippen LogP contribution in [0.5, 0.6) is 0 Å². The molecule has 0 aliphatic carbocycles. The van der Waals surface area contributed by atoms with E-state index in [4.69, 9.17) is 11.6 Å². The van der Waals surface area contributed by atoms with Crippen molar-refractivity contribution in [1.29, 1.82) is 0 Å². The molecular formula is C28H30ClN3O4S. The average molecular weight is 540 g/mol. The van der Waals surface area contributed by atoms with E-state index in [1.165, 1.54) is 23.9 Å². The zero-order valence-corrected chi connectivity index (χ0v) is 22.2. The maximum absolute atomic E-state index is 13.6. The summed E-state index contributed by atoms with van der Waals surface area (Å²) in [5.74, 6) is 0.310. The monoisotopic (exact) mass is 539 g/mol. The first kappa shape index (κ1) is 28.2. The normalized spacial score (nSPS) is 11.5. The van der Waals surface area contributed by atoms with E-state index >= 15 is 0 Å². The Balaban J connectivity index is 1.80. The van der Waals surface area contributed by atoms with Crippen LogP contribution < -0.4 is 5.32 Å². The van der Waals surface area contributed by atoms with Gasteiger partial charge < -0.3 is 10.2 Å². The van der Waals surface area contributed by atoms with Crippen molar-refractivity contribution in [1.82, 2.24) is 10.2 Å². The fraction of sp³-hybridized carbons (Fsp3) is 0.286. The SMILES string of the molecule is CCCNC(=O)[C@@H](Cc1ccccc1)N(Cc1cccc(Cl)c1)C(=O)CSCc1ccc([N+](=O)[O-])cc1. The van der Waals surface area contributed by atoms with E-state index in [2.05, 4.69) is 5.32 Å². The van der Waals surface area contributed by atoms with Crippen LogP contribution in [0.3, 0.4) is 0 Å². The minimum atomic E-state index is -0.694. The number of nitrogens with zero attached hydrogens (tertiary/aromatic N) is 2. The molecule has 194 valence electrons. The molecule has 3 aromatic carbocycles. The number of rotatable bonds is 13. The maximum atomic E-state index is 13.6. The molecule has 0 heterocycles. The van der Waals surface area contributed by atoms with E-state index in [-0.39, 0.29) is 29.8 Å². The summed E-state index contributed by atoms with van der Waals surface area (Å²) < 4.78 is 0. The molecule has 7 nitrogen and oxygen atoms in total. The molecule has 2 amide bonds. The van der Waals surface area contributed by atoms with Gasteiger partial charge in [-0.05, 0) is 35.2 Å². The predicted octanol–water partition coefficient (Wildman–Crippen LogP) is 5.65. The molecule has 0 unspecified atom stereocenters. The van der Waals surface area contributed by atoms with Crippen molar-refractivity contribution in [2.24, 2.45) is 0 Å². The predicted molar refractivity (Wildman–Crippen MR) is 148 cm³/mol. The van der Waals surface area contributed by atoms with Crippen LogP contribution in [0.25, 0.3) is 0 Å². The molecule has 0 aliphatic heterocycles. The minimum Gasteiger partial charge on any atom is -0.354 e. The van der Waals surface area contributed by atoms with E-state index in [0.717, 1.165) is 23.1 Å². The first-order valence-corrected chi connectivity index (χ1v) is 13.6. The Bertz CT molecular complexity index is 1190. The lowest BCUT2D eigenvalue weighted by atomic mass is 10.0. The zero-order chi connectivity index (χ0) is 26.6. The molecule has 1 N–H and O–H groups in total. The Morgan fingerprint density at radius 3 is 2.35 bits per heavy atom. The molecule has 0 spiro atoms. The number of hydrogen-bond donors (Lipinski definition) is 1. The van der Waals surface area contributed by atoms with Crippen molar-refractivity contribution >= 4 is 40.9 Å². The van der Waals surface area contributed by atoms with Gasteiger partial charge in [0.15, 0.2) is 0 Å². The molecule has 9 heteroatoms. The van der Waals surface area contributed by atoms with Crippen LogP contribution in [0, 0.1) is 10.1 Å². The van der Waals surface area contributed by atoms with Gasteiger partial charge in [0.1, 0.15) is 6.04 Å². The molecule has 0 bridgehead atoms. The fourth-order valence-corrected chi connectivity index (χ4v) is 4.89. The number of thioether (sulfide) groups is 1. The Morgan fingerprint density at radius 2 is 1.70 bits per heavy atom. The van der Waals surface area contributed by atoms with Gasteiger partial charge in [0.2, 0.25) is 11.8 Å². The molecule has 1 atom stereocenters. The van der Waals surface area contributed by atoms with Gasteiger partial charge >= 0.3 is 0 Å². The molecule has 0 aliphatic rings. The first-order chi connectivity index (χ1) is 17.9. The third-order valence-electron chi connectivity index (χ3n) is 5.70. The van der Waals surface area contributed by atoms with Crippen molar-refractivity contribution in [3.8, 4) is 0 Å². The van der Waals surface area contributed by atoms with Gasteiger partial charge in [0.25, 0.3) is 5.69 Å². The van der Waals surface area contributed by atoms with E-state index in [1.807, 2.05) is 49.4 Å². The number of carbonyl (C=O) groups excluding carboxylic acids is 2. The zero-order valence-electron chi connectivity index (χ0n) is 20.6. The van der Waals surface area contributed by atoms with E-state index in [9.17, 15) is 19.7 Å². The summed E-state index contributed by atoms with van der Waals surface area (Å²) in [5.41, 5.74) is 2.70. The lowest BCUT2D eigenvalue weighted by Gasteiger charge is -2.31. The Labute approximate surface area is 226 Å². The van der Waals surface area contributed by atoms with Crippen molar-refractivity contribution < 1.29 is 14.5 Å². The maximum Gasteiger partial charge on any atom is 0.269 e. The Morgan fingerprint density at radius 1 is 1.00 bits per heavy atom. The Kier molecular flexibility index (Phi) is 11.0. The summed E-state index contributed by atoms with van der Waals surface area (Å²) in [4.78, 5) is 39.0. The number of amides is 2. The topological polar surface area (TPSA) is 92.6 Å². The number of nitro groups is 1.